The number of hydrogen-bond donors (Lipinski definition) is 1. The number of nitrogens with zero attached hydrogens (tertiary/aromatic N) is 3. The maximum absolute atomic E-state index is 14.4. The molecule has 44 heavy (non-hydrogen) atoms. The Labute approximate surface area is 259 Å². The Balaban J connectivity index is 1.59. The molecular weight excluding hydrogens is 546 g/mol. The predicted octanol–water partition coefficient (Wildman–Crippen LogP) is 8.16. The summed E-state index contributed by atoms with van der Waals surface area (Å²) >= 11 is 0. The van der Waals surface area contributed by atoms with E-state index in [9.17, 15) is 14.7 Å². The van der Waals surface area contributed by atoms with Crippen LogP contribution in [0.15, 0.2) is 121 Å². The highest BCUT2D eigenvalue weighted by Gasteiger charge is 2.38. The van der Waals surface area contributed by atoms with Gasteiger partial charge in [-0.25, -0.2) is 9.78 Å². The van der Waals surface area contributed by atoms with Crippen molar-refractivity contribution in [3.63, 3.8) is 0 Å². The standard InChI is InChI=1S/C38H39N3O3/c1-38(2,3)34(35-39-33(30-19-9-5-10-20-30)27-40(35)26-28-16-7-4-8-17-28)41(36(42)31-21-11-6-12-22-31)25-15-23-29-18-13-14-24-32(29)37(43)44/h4-14,16-22,24,27,34H,15,23,25-26H2,1-3H3,(H,43,44)/t34-/m0/s1. The maximum atomic E-state index is 14.4. The number of amides is 1. The maximum Gasteiger partial charge on any atom is 0.335 e. The summed E-state index contributed by atoms with van der Waals surface area (Å²) in [5.41, 5.74) is 4.30. The number of carbonyl (C=O) groups is 2. The Bertz CT molecular complexity index is 1690. The van der Waals surface area contributed by atoms with Crippen molar-refractivity contribution in [2.24, 2.45) is 5.41 Å². The quantitative estimate of drug-likeness (QED) is 0.170. The number of carboxylic acids is 1. The van der Waals surface area contributed by atoms with E-state index in [1.54, 1.807) is 12.1 Å². The average molecular weight is 586 g/mol. The molecule has 0 spiro atoms. The molecule has 6 nitrogen and oxygen atoms in total. The molecule has 1 atom stereocenters. The minimum absolute atomic E-state index is 0.0763. The summed E-state index contributed by atoms with van der Waals surface area (Å²) in [6.07, 6.45) is 3.22. The molecule has 1 N–H and O–H groups in total. The van der Waals surface area contributed by atoms with Gasteiger partial charge in [0, 0.05) is 30.4 Å². The van der Waals surface area contributed by atoms with Crippen LogP contribution in [0.4, 0.5) is 0 Å². The first kappa shape index (κ1) is 30.5. The van der Waals surface area contributed by atoms with E-state index in [2.05, 4.69) is 55.8 Å². The number of hydrogen-bond acceptors (Lipinski definition) is 3. The van der Waals surface area contributed by atoms with Gasteiger partial charge in [0.2, 0.25) is 0 Å². The van der Waals surface area contributed by atoms with Crippen LogP contribution in [-0.2, 0) is 13.0 Å². The average Bonchev–Trinajstić information content (AvgIpc) is 3.43. The first-order valence-corrected chi connectivity index (χ1v) is 15.1. The monoisotopic (exact) mass is 585 g/mol. The third-order valence-corrected chi connectivity index (χ3v) is 7.82. The molecule has 0 saturated carbocycles. The normalized spacial score (nSPS) is 12.1. The van der Waals surface area contributed by atoms with E-state index in [1.165, 1.54) is 0 Å². The number of aryl methyl sites for hydroxylation is 1. The summed E-state index contributed by atoms with van der Waals surface area (Å²) in [7, 11) is 0. The Morgan fingerprint density at radius 1 is 0.818 bits per heavy atom. The second kappa shape index (κ2) is 13.6. The Morgan fingerprint density at radius 3 is 2.05 bits per heavy atom. The van der Waals surface area contributed by atoms with Gasteiger partial charge in [-0.3, -0.25) is 4.79 Å². The van der Waals surface area contributed by atoms with Crippen LogP contribution in [0.1, 0.15) is 70.9 Å². The summed E-state index contributed by atoms with van der Waals surface area (Å²) in [6.45, 7) is 7.48. The molecule has 6 heteroatoms. The number of aromatic nitrogens is 2. The summed E-state index contributed by atoms with van der Waals surface area (Å²) in [6, 6.07) is 36.5. The molecule has 5 aromatic rings. The SMILES string of the molecule is CC(C)(C)[C@H](c1nc(-c2ccccc2)cn1Cc1ccccc1)N(CCCc1ccccc1C(=O)O)C(=O)c1ccccc1. The molecule has 1 amide bonds. The van der Waals surface area contributed by atoms with E-state index in [0.29, 0.717) is 37.1 Å². The zero-order valence-electron chi connectivity index (χ0n) is 25.6. The lowest BCUT2D eigenvalue weighted by Crippen LogP contribution is -2.43. The summed E-state index contributed by atoms with van der Waals surface area (Å²) in [5, 5.41) is 9.73. The van der Waals surface area contributed by atoms with Gasteiger partial charge in [0.15, 0.2) is 0 Å². The van der Waals surface area contributed by atoms with E-state index in [0.717, 1.165) is 28.2 Å². The van der Waals surface area contributed by atoms with Crippen molar-refractivity contribution in [3.05, 3.63) is 150 Å². The third kappa shape index (κ3) is 7.14. The lowest BCUT2D eigenvalue weighted by molar-refractivity contribution is 0.0479. The van der Waals surface area contributed by atoms with Crippen molar-refractivity contribution in [2.45, 2.75) is 46.2 Å². The molecule has 1 heterocycles. The van der Waals surface area contributed by atoms with Crippen molar-refractivity contribution in [3.8, 4) is 11.3 Å². The summed E-state index contributed by atoms with van der Waals surface area (Å²) in [4.78, 5) is 33.4. The molecule has 0 aliphatic carbocycles. The summed E-state index contributed by atoms with van der Waals surface area (Å²) < 4.78 is 2.18. The topological polar surface area (TPSA) is 75.4 Å². The molecule has 0 bridgehead atoms. The van der Waals surface area contributed by atoms with Gasteiger partial charge in [0.25, 0.3) is 5.91 Å². The Morgan fingerprint density at radius 2 is 1.41 bits per heavy atom. The van der Waals surface area contributed by atoms with Gasteiger partial charge in [-0.15, -0.1) is 0 Å². The minimum atomic E-state index is -0.943. The summed E-state index contributed by atoms with van der Waals surface area (Å²) in [5.74, 6) is -0.204. The van der Waals surface area contributed by atoms with Gasteiger partial charge < -0.3 is 14.6 Å². The fraction of sp³-hybridized carbons (Fsp3) is 0.237. The smallest absolute Gasteiger partial charge is 0.335 e. The van der Waals surface area contributed by atoms with Crippen LogP contribution in [0.5, 0.6) is 0 Å². The lowest BCUT2D eigenvalue weighted by Gasteiger charge is -2.40. The van der Waals surface area contributed by atoms with Gasteiger partial charge in [-0.2, -0.15) is 0 Å². The molecule has 0 radical (unpaired) electrons. The van der Waals surface area contributed by atoms with Crippen molar-refractivity contribution < 1.29 is 14.7 Å². The highest BCUT2D eigenvalue weighted by atomic mass is 16.4. The number of carbonyl (C=O) groups excluding carboxylic acids is 1. The van der Waals surface area contributed by atoms with E-state index in [-0.39, 0.29) is 17.4 Å². The molecule has 224 valence electrons. The number of carboxylic acid groups (broad SMARTS) is 1. The molecule has 0 fully saturated rings. The third-order valence-electron chi connectivity index (χ3n) is 7.82. The molecule has 0 aliphatic rings. The van der Waals surface area contributed by atoms with Crippen LogP contribution in [0.2, 0.25) is 0 Å². The highest BCUT2D eigenvalue weighted by Crippen LogP contribution is 2.40. The van der Waals surface area contributed by atoms with Crippen LogP contribution in [0, 0.1) is 5.41 Å². The second-order valence-electron chi connectivity index (χ2n) is 12.2. The van der Waals surface area contributed by atoms with E-state index < -0.39 is 5.97 Å². The van der Waals surface area contributed by atoms with Crippen LogP contribution < -0.4 is 0 Å². The van der Waals surface area contributed by atoms with Crippen molar-refractivity contribution in [2.75, 3.05) is 6.54 Å². The number of benzene rings is 4. The zero-order valence-corrected chi connectivity index (χ0v) is 25.6. The van der Waals surface area contributed by atoms with Crippen molar-refractivity contribution in [1.29, 1.82) is 0 Å². The Hall–Kier alpha value is -4.97. The molecule has 5 rings (SSSR count). The van der Waals surface area contributed by atoms with Crippen LogP contribution in [-0.4, -0.2) is 38.0 Å². The minimum Gasteiger partial charge on any atom is -0.478 e. The van der Waals surface area contributed by atoms with E-state index >= 15 is 0 Å². The van der Waals surface area contributed by atoms with Crippen LogP contribution in [0.25, 0.3) is 11.3 Å². The van der Waals surface area contributed by atoms with E-state index in [1.807, 2.05) is 83.8 Å². The fourth-order valence-corrected chi connectivity index (χ4v) is 5.78. The van der Waals surface area contributed by atoms with Gasteiger partial charge in [0.1, 0.15) is 5.82 Å². The molecule has 1 aromatic heterocycles. The van der Waals surface area contributed by atoms with Crippen LogP contribution in [0.3, 0.4) is 0 Å². The predicted molar refractivity (Wildman–Crippen MR) is 175 cm³/mol. The molecule has 4 aromatic carbocycles. The number of aromatic carboxylic acids is 1. The second-order valence-corrected chi connectivity index (χ2v) is 12.2. The Kier molecular flexibility index (Phi) is 9.39. The molecule has 0 unspecified atom stereocenters. The number of imidazole rings is 1. The van der Waals surface area contributed by atoms with Gasteiger partial charge in [0.05, 0.1) is 17.3 Å². The number of rotatable bonds is 11. The highest BCUT2D eigenvalue weighted by molar-refractivity contribution is 5.94. The zero-order chi connectivity index (χ0) is 31.1. The lowest BCUT2D eigenvalue weighted by atomic mass is 9.84. The fourth-order valence-electron chi connectivity index (χ4n) is 5.78. The first-order valence-electron chi connectivity index (χ1n) is 15.1. The van der Waals surface area contributed by atoms with Gasteiger partial charge >= 0.3 is 5.97 Å². The first-order chi connectivity index (χ1) is 21.2. The van der Waals surface area contributed by atoms with Crippen molar-refractivity contribution in [1.82, 2.24) is 14.5 Å². The van der Waals surface area contributed by atoms with E-state index in [4.69, 9.17) is 4.98 Å². The van der Waals surface area contributed by atoms with Gasteiger partial charge in [-0.1, -0.05) is 118 Å². The van der Waals surface area contributed by atoms with Crippen molar-refractivity contribution >= 4 is 11.9 Å². The largest absolute Gasteiger partial charge is 0.478 e. The molecule has 0 saturated heterocycles. The molecule has 0 aliphatic heterocycles. The van der Waals surface area contributed by atoms with Crippen LogP contribution >= 0.6 is 0 Å². The molecular formula is C38H39N3O3. The van der Waals surface area contributed by atoms with Gasteiger partial charge in [-0.05, 0) is 47.6 Å².